The lowest BCUT2D eigenvalue weighted by molar-refractivity contribution is 0.838. The molecule has 2 heteroatoms. The van der Waals surface area contributed by atoms with Gasteiger partial charge >= 0.3 is 0 Å². The van der Waals surface area contributed by atoms with E-state index in [1.54, 1.807) is 0 Å². The summed E-state index contributed by atoms with van der Waals surface area (Å²) in [6, 6.07) is 9.78. The van der Waals surface area contributed by atoms with Crippen LogP contribution in [0.4, 0.5) is 0 Å². The molecule has 1 aromatic rings. The molecule has 0 aliphatic rings. The molecule has 0 spiro atoms. The SMILES string of the molecule is CC(C)[Si](C#Cc1cccc(C#N)c1)(C(C)C)C(C)C. The highest BCUT2D eigenvalue weighted by molar-refractivity contribution is 6.90. The van der Waals surface area contributed by atoms with Crippen LogP contribution in [0.3, 0.4) is 0 Å². The predicted octanol–water partition coefficient (Wildman–Crippen LogP) is 5.13. The molecular weight excluding hydrogens is 258 g/mol. The van der Waals surface area contributed by atoms with Gasteiger partial charge in [0.1, 0.15) is 8.07 Å². The van der Waals surface area contributed by atoms with Gasteiger partial charge in [-0.25, -0.2) is 0 Å². The average molecular weight is 283 g/mol. The summed E-state index contributed by atoms with van der Waals surface area (Å²) in [5.74, 6) is 3.36. The van der Waals surface area contributed by atoms with E-state index in [-0.39, 0.29) is 0 Å². The molecular formula is C18H25NSi. The van der Waals surface area contributed by atoms with Gasteiger partial charge in [-0.2, -0.15) is 5.26 Å². The zero-order chi connectivity index (χ0) is 15.3. The number of hydrogen-bond donors (Lipinski definition) is 0. The fourth-order valence-corrected chi connectivity index (χ4v) is 8.51. The average Bonchev–Trinajstić information content (AvgIpc) is 2.38. The second-order valence-electron chi connectivity index (χ2n) is 6.34. The summed E-state index contributed by atoms with van der Waals surface area (Å²) in [5.41, 5.74) is 7.22. The third-order valence-electron chi connectivity index (χ3n) is 4.28. The minimum absolute atomic E-state index is 0.633. The lowest BCUT2D eigenvalue weighted by atomic mass is 10.1. The fourth-order valence-electron chi connectivity index (χ4n) is 3.28. The highest BCUT2D eigenvalue weighted by Crippen LogP contribution is 2.40. The van der Waals surface area contributed by atoms with Crippen LogP contribution in [0.2, 0.25) is 16.6 Å². The Balaban J connectivity index is 3.27. The number of nitrogens with zero attached hydrogens (tertiary/aromatic N) is 1. The third-order valence-corrected chi connectivity index (χ3v) is 10.6. The van der Waals surface area contributed by atoms with E-state index < -0.39 is 8.07 Å². The van der Waals surface area contributed by atoms with Gasteiger partial charge in [-0.1, -0.05) is 53.5 Å². The van der Waals surface area contributed by atoms with Crippen molar-refractivity contribution in [2.45, 2.75) is 58.2 Å². The molecule has 20 heavy (non-hydrogen) atoms. The molecule has 0 unspecified atom stereocenters. The van der Waals surface area contributed by atoms with Gasteiger partial charge in [0.25, 0.3) is 0 Å². The van der Waals surface area contributed by atoms with E-state index >= 15 is 0 Å². The Bertz CT molecular complexity index is 531. The van der Waals surface area contributed by atoms with Crippen molar-refractivity contribution in [1.29, 1.82) is 5.26 Å². The summed E-state index contributed by atoms with van der Waals surface area (Å²) in [5, 5.41) is 8.97. The van der Waals surface area contributed by atoms with Crippen LogP contribution in [0.5, 0.6) is 0 Å². The highest BCUT2D eigenvalue weighted by Gasteiger charge is 2.41. The van der Waals surface area contributed by atoms with Gasteiger partial charge in [-0.15, -0.1) is 5.54 Å². The number of hydrogen-bond acceptors (Lipinski definition) is 1. The molecule has 0 aliphatic heterocycles. The number of rotatable bonds is 3. The molecule has 0 radical (unpaired) electrons. The van der Waals surface area contributed by atoms with Crippen molar-refractivity contribution < 1.29 is 0 Å². The van der Waals surface area contributed by atoms with Gasteiger partial charge < -0.3 is 0 Å². The van der Waals surface area contributed by atoms with Crippen molar-refractivity contribution in [3.05, 3.63) is 35.4 Å². The molecule has 0 bridgehead atoms. The van der Waals surface area contributed by atoms with E-state index in [0.29, 0.717) is 22.2 Å². The molecule has 1 nitrogen and oxygen atoms in total. The largest absolute Gasteiger partial charge is 0.192 e. The van der Waals surface area contributed by atoms with E-state index in [2.05, 4.69) is 59.1 Å². The summed E-state index contributed by atoms with van der Waals surface area (Å²) >= 11 is 0. The standard InChI is InChI=1S/C18H25NSi/c1-14(2)20(15(3)4,16(5)6)11-10-17-8-7-9-18(12-17)13-19/h7-9,12,14-16H,1-6H3. The summed E-state index contributed by atoms with van der Waals surface area (Å²) in [4.78, 5) is 0. The monoisotopic (exact) mass is 283 g/mol. The van der Waals surface area contributed by atoms with Crippen molar-refractivity contribution in [2.24, 2.45) is 0 Å². The highest BCUT2D eigenvalue weighted by atomic mass is 28.3. The van der Waals surface area contributed by atoms with E-state index in [9.17, 15) is 0 Å². The second kappa shape index (κ2) is 6.78. The topological polar surface area (TPSA) is 23.8 Å². The van der Waals surface area contributed by atoms with Crippen molar-refractivity contribution >= 4 is 8.07 Å². The molecule has 0 N–H and O–H groups in total. The van der Waals surface area contributed by atoms with Gasteiger partial charge in [0, 0.05) is 5.56 Å². The van der Waals surface area contributed by atoms with Crippen LogP contribution in [-0.4, -0.2) is 8.07 Å². The first kappa shape index (κ1) is 16.5. The molecule has 0 atom stereocenters. The molecule has 0 saturated heterocycles. The Morgan fingerprint density at radius 3 is 1.85 bits per heavy atom. The Morgan fingerprint density at radius 1 is 0.900 bits per heavy atom. The Kier molecular flexibility index (Phi) is 5.60. The smallest absolute Gasteiger partial charge is 0.146 e. The van der Waals surface area contributed by atoms with E-state index in [4.69, 9.17) is 5.26 Å². The van der Waals surface area contributed by atoms with Crippen molar-refractivity contribution in [2.75, 3.05) is 0 Å². The maximum Gasteiger partial charge on any atom is 0.146 e. The van der Waals surface area contributed by atoms with Crippen LogP contribution in [0.1, 0.15) is 52.7 Å². The quantitative estimate of drug-likeness (QED) is 0.557. The molecule has 0 heterocycles. The molecule has 1 rings (SSSR count). The van der Waals surface area contributed by atoms with Crippen LogP contribution in [0, 0.1) is 22.8 Å². The number of benzene rings is 1. The lowest BCUT2D eigenvalue weighted by Gasteiger charge is -2.38. The van der Waals surface area contributed by atoms with Gasteiger partial charge in [0.15, 0.2) is 0 Å². The van der Waals surface area contributed by atoms with Crippen LogP contribution in [0.25, 0.3) is 0 Å². The van der Waals surface area contributed by atoms with Gasteiger partial charge in [-0.05, 0) is 34.8 Å². The van der Waals surface area contributed by atoms with Gasteiger partial charge in [-0.3, -0.25) is 0 Å². The second-order valence-corrected chi connectivity index (χ2v) is 11.9. The van der Waals surface area contributed by atoms with Crippen LogP contribution < -0.4 is 0 Å². The molecule has 0 aromatic heterocycles. The Labute approximate surface area is 125 Å². The Morgan fingerprint density at radius 2 is 1.40 bits per heavy atom. The van der Waals surface area contributed by atoms with Crippen LogP contribution >= 0.6 is 0 Å². The molecule has 0 saturated carbocycles. The van der Waals surface area contributed by atoms with E-state index in [1.807, 2.05) is 24.3 Å². The molecule has 0 amide bonds. The predicted molar refractivity (Wildman–Crippen MR) is 89.1 cm³/mol. The minimum atomic E-state index is -1.68. The number of nitriles is 1. The van der Waals surface area contributed by atoms with Crippen LogP contribution in [0.15, 0.2) is 24.3 Å². The zero-order valence-corrected chi connectivity index (χ0v) is 14.5. The summed E-state index contributed by atoms with van der Waals surface area (Å²) < 4.78 is 0. The summed E-state index contributed by atoms with van der Waals surface area (Å²) in [6.07, 6.45) is 0. The first-order valence-corrected chi connectivity index (χ1v) is 9.61. The Hall–Kier alpha value is -1.51. The lowest BCUT2D eigenvalue weighted by Crippen LogP contribution is -2.43. The normalized spacial score (nSPS) is 11.4. The van der Waals surface area contributed by atoms with Crippen molar-refractivity contribution in [3.8, 4) is 17.5 Å². The first-order chi connectivity index (χ1) is 9.34. The minimum Gasteiger partial charge on any atom is -0.192 e. The van der Waals surface area contributed by atoms with Crippen LogP contribution in [-0.2, 0) is 0 Å². The third kappa shape index (κ3) is 3.32. The summed E-state index contributed by atoms with van der Waals surface area (Å²) in [6.45, 7) is 13.9. The first-order valence-electron chi connectivity index (χ1n) is 7.38. The zero-order valence-electron chi connectivity index (χ0n) is 13.5. The van der Waals surface area contributed by atoms with Crippen molar-refractivity contribution in [1.82, 2.24) is 0 Å². The fraction of sp³-hybridized carbons (Fsp3) is 0.500. The van der Waals surface area contributed by atoms with E-state index in [1.165, 1.54) is 0 Å². The molecule has 106 valence electrons. The molecule has 0 aliphatic carbocycles. The van der Waals surface area contributed by atoms with Crippen molar-refractivity contribution in [3.63, 3.8) is 0 Å². The van der Waals surface area contributed by atoms with E-state index in [0.717, 1.165) is 5.56 Å². The molecule has 1 aromatic carbocycles. The summed E-state index contributed by atoms with van der Waals surface area (Å²) in [7, 11) is -1.68. The maximum atomic E-state index is 8.97. The van der Waals surface area contributed by atoms with Gasteiger partial charge in [0.2, 0.25) is 0 Å². The maximum absolute atomic E-state index is 8.97. The molecule has 0 fully saturated rings. The van der Waals surface area contributed by atoms with Gasteiger partial charge in [0.05, 0.1) is 11.6 Å².